The van der Waals surface area contributed by atoms with Gasteiger partial charge in [-0.15, -0.1) is 0 Å². The lowest BCUT2D eigenvalue weighted by Gasteiger charge is -2.33. The van der Waals surface area contributed by atoms with Crippen LogP contribution in [0.15, 0.2) is 30.3 Å². The maximum absolute atomic E-state index is 5.73. The van der Waals surface area contributed by atoms with Crippen molar-refractivity contribution in [2.24, 2.45) is 11.7 Å². The molecular weight excluding hydrogens is 280 g/mol. The monoisotopic (exact) mass is 298 g/mol. The van der Waals surface area contributed by atoms with Gasteiger partial charge in [-0.2, -0.15) is 0 Å². The number of fused-ring (bicyclic) bond motifs is 1. The summed E-state index contributed by atoms with van der Waals surface area (Å²) in [6.45, 7) is 5.08. The third-order valence-electron chi connectivity index (χ3n) is 3.68. The van der Waals surface area contributed by atoms with Gasteiger partial charge < -0.3 is 10.6 Å². The molecule has 0 bridgehead atoms. The molecule has 1 aromatic heterocycles. The normalized spacial score (nSPS) is 17.4. The van der Waals surface area contributed by atoms with Gasteiger partial charge in [0.1, 0.15) is 10.7 Å². The maximum Gasteiger partial charge on any atom is 0.230 e. The maximum atomic E-state index is 5.73. The van der Waals surface area contributed by atoms with E-state index in [0.29, 0.717) is 22.5 Å². The first kappa shape index (κ1) is 13.9. The molecule has 1 unspecified atom stereocenters. The number of aromatic nitrogens is 2. The molecule has 4 nitrogen and oxygen atoms in total. The van der Waals surface area contributed by atoms with Gasteiger partial charge in [-0.1, -0.05) is 37.3 Å². The number of nitrogens with two attached hydrogens (primary N) is 1. The Morgan fingerprint density at radius 2 is 2.10 bits per heavy atom. The summed E-state index contributed by atoms with van der Waals surface area (Å²) in [6, 6.07) is 10.2. The SMILES string of the molecule is Cc1cc(C(N)=S)nc(N2CC(C)Cc3ccccc32)n1. The lowest BCUT2D eigenvalue weighted by atomic mass is 9.94. The Morgan fingerprint density at radius 1 is 1.33 bits per heavy atom. The van der Waals surface area contributed by atoms with Crippen molar-refractivity contribution < 1.29 is 0 Å². The zero-order valence-electron chi connectivity index (χ0n) is 12.2. The standard InChI is InChI=1S/C16H18N4S/c1-10-7-12-5-3-4-6-14(12)20(9-10)16-18-11(2)8-13(19-16)15(17)21/h3-6,8,10H,7,9H2,1-2H3,(H2,17,21). The molecule has 1 aliphatic rings. The number of nitrogens with zero attached hydrogens (tertiary/aromatic N) is 3. The van der Waals surface area contributed by atoms with Crippen molar-refractivity contribution >= 4 is 28.8 Å². The predicted molar refractivity (Wildman–Crippen MR) is 89.0 cm³/mol. The van der Waals surface area contributed by atoms with Crippen molar-refractivity contribution in [1.29, 1.82) is 0 Å². The molecule has 0 aliphatic carbocycles. The van der Waals surface area contributed by atoms with Gasteiger partial charge in [0.05, 0.1) is 0 Å². The molecule has 0 saturated carbocycles. The minimum Gasteiger partial charge on any atom is -0.388 e. The Morgan fingerprint density at radius 3 is 2.86 bits per heavy atom. The number of rotatable bonds is 2. The zero-order valence-corrected chi connectivity index (χ0v) is 13.0. The minimum atomic E-state index is 0.306. The van der Waals surface area contributed by atoms with E-state index in [-0.39, 0.29) is 0 Å². The van der Waals surface area contributed by atoms with Crippen LogP contribution in [0.25, 0.3) is 0 Å². The van der Waals surface area contributed by atoms with Gasteiger partial charge in [0.2, 0.25) is 5.95 Å². The summed E-state index contributed by atoms with van der Waals surface area (Å²) in [6.07, 6.45) is 1.08. The first-order chi connectivity index (χ1) is 10.0. The van der Waals surface area contributed by atoms with Gasteiger partial charge in [-0.25, -0.2) is 9.97 Å². The molecule has 108 valence electrons. The Bertz CT molecular complexity index is 698. The van der Waals surface area contributed by atoms with E-state index in [4.69, 9.17) is 18.0 Å². The first-order valence-electron chi connectivity index (χ1n) is 7.05. The summed E-state index contributed by atoms with van der Waals surface area (Å²) in [4.78, 5) is 11.6. The smallest absolute Gasteiger partial charge is 0.230 e. The van der Waals surface area contributed by atoms with E-state index in [1.165, 1.54) is 11.3 Å². The number of para-hydroxylation sites is 1. The van der Waals surface area contributed by atoms with Crippen molar-refractivity contribution in [3.63, 3.8) is 0 Å². The second-order valence-electron chi connectivity index (χ2n) is 5.61. The highest BCUT2D eigenvalue weighted by Crippen LogP contribution is 2.33. The lowest BCUT2D eigenvalue weighted by molar-refractivity contribution is 0.557. The molecule has 0 amide bonds. The fraction of sp³-hybridized carbons (Fsp3) is 0.312. The number of thiocarbonyl (C=S) groups is 1. The van der Waals surface area contributed by atoms with E-state index >= 15 is 0 Å². The van der Waals surface area contributed by atoms with Crippen molar-refractivity contribution in [2.45, 2.75) is 20.3 Å². The van der Waals surface area contributed by atoms with Gasteiger partial charge in [-0.05, 0) is 37.0 Å². The van der Waals surface area contributed by atoms with Crippen LogP contribution in [0.3, 0.4) is 0 Å². The summed E-state index contributed by atoms with van der Waals surface area (Å²) < 4.78 is 0. The lowest BCUT2D eigenvalue weighted by Crippen LogP contribution is -2.32. The van der Waals surface area contributed by atoms with Crippen LogP contribution in [0, 0.1) is 12.8 Å². The number of benzene rings is 1. The zero-order chi connectivity index (χ0) is 15.0. The van der Waals surface area contributed by atoms with Crippen molar-refractivity contribution in [1.82, 2.24) is 9.97 Å². The van der Waals surface area contributed by atoms with Crippen LogP contribution < -0.4 is 10.6 Å². The summed E-state index contributed by atoms with van der Waals surface area (Å²) in [5.41, 5.74) is 9.73. The highest BCUT2D eigenvalue weighted by Gasteiger charge is 2.24. The third kappa shape index (κ3) is 2.74. The Hall–Kier alpha value is -2.01. The molecule has 21 heavy (non-hydrogen) atoms. The predicted octanol–water partition coefficient (Wildman–Crippen LogP) is 2.75. The van der Waals surface area contributed by atoms with Crippen LogP contribution in [-0.2, 0) is 6.42 Å². The molecule has 0 spiro atoms. The fourth-order valence-electron chi connectivity index (χ4n) is 2.79. The van der Waals surface area contributed by atoms with Gasteiger partial charge in [0.15, 0.2) is 0 Å². The quantitative estimate of drug-likeness (QED) is 0.864. The molecule has 3 rings (SSSR count). The molecule has 1 aromatic carbocycles. The molecule has 0 radical (unpaired) electrons. The van der Waals surface area contributed by atoms with E-state index in [2.05, 4.69) is 40.0 Å². The van der Waals surface area contributed by atoms with Crippen LogP contribution >= 0.6 is 12.2 Å². The molecule has 2 N–H and O–H groups in total. The summed E-state index contributed by atoms with van der Waals surface area (Å²) in [5, 5.41) is 0. The highest BCUT2D eigenvalue weighted by atomic mass is 32.1. The average molecular weight is 298 g/mol. The van der Waals surface area contributed by atoms with Crippen molar-refractivity contribution in [3.8, 4) is 0 Å². The van der Waals surface area contributed by atoms with E-state index in [1.54, 1.807) is 0 Å². The fourth-order valence-corrected chi connectivity index (χ4v) is 2.89. The van der Waals surface area contributed by atoms with Crippen molar-refractivity contribution in [3.05, 3.63) is 47.3 Å². The van der Waals surface area contributed by atoms with Gasteiger partial charge in [0.25, 0.3) is 0 Å². The molecule has 1 aliphatic heterocycles. The van der Waals surface area contributed by atoms with Crippen LogP contribution in [-0.4, -0.2) is 21.5 Å². The molecular formula is C16H18N4S. The van der Waals surface area contributed by atoms with Gasteiger partial charge >= 0.3 is 0 Å². The van der Waals surface area contributed by atoms with Crippen molar-refractivity contribution in [2.75, 3.05) is 11.4 Å². The van der Waals surface area contributed by atoms with Crippen LogP contribution in [0.5, 0.6) is 0 Å². The van der Waals surface area contributed by atoms with E-state index in [0.717, 1.165) is 18.7 Å². The number of aryl methyl sites for hydroxylation is 1. The van der Waals surface area contributed by atoms with E-state index < -0.39 is 0 Å². The number of hydrogen-bond acceptors (Lipinski definition) is 4. The number of hydrogen-bond donors (Lipinski definition) is 1. The minimum absolute atomic E-state index is 0.306. The molecule has 2 heterocycles. The molecule has 0 saturated heterocycles. The molecule has 5 heteroatoms. The molecule has 0 fully saturated rings. The Balaban J connectivity index is 2.10. The van der Waals surface area contributed by atoms with Crippen LogP contribution in [0.4, 0.5) is 11.6 Å². The Labute approximate surface area is 130 Å². The third-order valence-corrected chi connectivity index (χ3v) is 3.89. The van der Waals surface area contributed by atoms with Gasteiger partial charge in [0, 0.05) is 17.9 Å². The first-order valence-corrected chi connectivity index (χ1v) is 7.46. The van der Waals surface area contributed by atoms with E-state index in [1.807, 2.05) is 19.1 Å². The molecule has 2 aromatic rings. The van der Waals surface area contributed by atoms with Crippen LogP contribution in [0.1, 0.15) is 23.9 Å². The number of anilines is 2. The Kier molecular flexibility index (Phi) is 3.59. The summed E-state index contributed by atoms with van der Waals surface area (Å²) in [7, 11) is 0. The summed E-state index contributed by atoms with van der Waals surface area (Å²) >= 11 is 5.05. The average Bonchev–Trinajstić information content (AvgIpc) is 2.45. The van der Waals surface area contributed by atoms with E-state index in [9.17, 15) is 0 Å². The van der Waals surface area contributed by atoms with Gasteiger partial charge in [-0.3, -0.25) is 0 Å². The second-order valence-corrected chi connectivity index (χ2v) is 6.05. The second kappa shape index (κ2) is 5.41. The largest absolute Gasteiger partial charge is 0.388 e. The topological polar surface area (TPSA) is 55.0 Å². The summed E-state index contributed by atoms with van der Waals surface area (Å²) in [5.74, 6) is 1.23. The van der Waals surface area contributed by atoms with Crippen LogP contribution in [0.2, 0.25) is 0 Å². The highest BCUT2D eigenvalue weighted by molar-refractivity contribution is 7.80. The molecule has 1 atom stereocenters.